The van der Waals surface area contributed by atoms with E-state index in [1.807, 2.05) is 0 Å². The highest BCUT2D eigenvalue weighted by molar-refractivity contribution is 7.82. The summed E-state index contributed by atoms with van der Waals surface area (Å²) in [5.74, 6) is -0.680. The van der Waals surface area contributed by atoms with Crippen LogP contribution in [0.4, 0.5) is 0 Å². The molecule has 0 aliphatic rings. The van der Waals surface area contributed by atoms with Crippen molar-refractivity contribution in [2.75, 3.05) is 0 Å². The van der Waals surface area contributed by atoms with Gasteiger partial charge in [0.05, 0.1) is 6.10 Å². The van der Waals surface area contributed by atoms with Gasteiger partial charge in [0.25, 0.3) is 0 Å². The highest BCUT2D eigenvalue weighted by Crippen LogP contribution is 2.20. The van der Waals surface area contributed by atoms with E-state index < -0.39 is 22.5 Å². The summed E-state index contributed by atoms with van der Waals surface area (Å²) in [6.07, 6.45) is 37.9. The fourth-order valence-corrected chi connectivity index (χ4v) is 6.93. The van der Waals surface area contributed by atoms with Gasteiger partial charge in [0, 0.05) is 6.42 Å². The van der Waals surface area contributed by atoms with Crippen molar-refractivity contribution >= 4 is 16.4 Å². The van der Waals surface area contributed by atoms with Crippen LogP contribution in [0.5, 0.6) is 0 Å². The summed E-state index contributed by atoms with van der Waals surface area (Å²) in [6.45, 7) is 6.72. The van der Waals surface area contributed by atoms with E-state index in [0.717, 1.165) is 38.5 Å². The van der Waals surface area contributed by atoms with E-state index in [4.69, 9.17) is 8.37 Å². The highest BCUT2D eigenvalue weighted by Gasteiger charge is 2.23. The van der Waals surface area contributed by atoms with Crippen molar-refractivity contribution in [2.45, 2.75) is 239 Å². The molecule has 0 aromatic heterocycles. The molecule has 0 amide bonds. The van der Waals surface area contributed by atoms with Crippen molar-refractivity contribution in [2.24, 2.45) is 0 Å². The first-order valence-electron chi connectivity index (χ1n) is 19.6. The lowest BCUT2D eigenvalue weighted by Gasteiger charge is -2.17. The van der Waals surface area contributed by atoms with Crippen LogP contribution in [0.15, 0.2) is 0 Å². The second-order valence-corrected chi connectivity index (χ2v) is 14.6. The molecule has 44 heavy (non-hydrogen) atoms. The average Bonchev–Trinajstić information content (AvgIpc) is 2.99. The number of hydrogen-bond acceptors (Lipinski definition) is 5. The van der Waals surface area contributed by atoms with Gasteiger partial charge in [-0.2, -0.15) is 8.42 Å². The maximum Gasteiger partial charge on any atom is 0.451 e. The number of unbranched alkanes of at least 4 members (excludes halogenated alkanes) is 27. The van der Waals surface area contributed by atoms with Gasteiger partial charge in [0.1, 0.15) is 0 Å². The first-order chi connectivity index (χ1) is 21.4. The Balaban J connectivity index is 4.11. The van der Waals surface area contributed by atoms with Crippen LogP contribution in [0.3, 0.4) is 0 Å². The van der Waals surface area contributed by atoms with Crippen LogP contribution in [0.1, 0.15) is 233 Å². The molecule has 0 bridgehead atoms. The zero-order valence-corrected chi connectivity index (χ0v) is 30.7. The summed E-state index contributed by atoms with van der Waals surface area (Å²) in [6, 6.07) is 0. The molecule has 0 spiro atoms. The quantitative estimate of drug-likeness (QED) is 0.0635. The monoisotopic (exact) mass is 645 g/mol. The van der Waals surface area contributed by atoms with Crippen LogP contribution >= 0.6 is 0 Å². The predicted molar refractivity (Wildman–Crippen MR) is 189 cm³/mol. The topological polar surface area (TPSA) is 69.7 Å². The van der Waals surface area contributed by atoms with Crippen molar-refractivity contribution < 1.29 is 21.6 Å². The van der Waals surface area contributed by atoms with Gasteiger partial charge in [-0.25, -0.2) is 4.18 Å². The highest BCUT2D eigenvalue weighted by atomic mass is 32.3. The van der Waals surface area contributed by atoms with E-state index >= 15 is 0 Å². The molecule has 5 nitrogen and oxygen atoms in total. The number of carbonyl (C=O) groups excluding carboxylic acids is 1. The predicted octanol–water partition coefficient (Wildman–Crippen LogP) is 13.1. The van der Waals surface area contributed by atoms with E-state index in [1.54, 1.807) is 0 Å². The summed E-state index contributed by atoms with van der Waals surface area (Å²) in [4.78, 5) is 12.3. The zero-order valence-electron chi connectivity index (χ0n) is 29.9. The molecule has 1 atom stereocenters. The van der Waals surface area contributed by atoms with Gasteiger partial charge in [0.15, 0.2) is 0 Å². The molecule has 0 aliphatic heterocycles. The van der Waals surface area contributed by atoms with E-state index in [9.17, 15) is 13.2 Å². The lowest BCUT2D eigenvalue weighted by Crippen LogP contribution is -2.23. The van der Waals surface area contributed by atoms with Crippen molar-refractivity contribution in [3.05, 3.63) is 0 Å². The standard InChI is InChI=1S/C38H76O5S/c1-4-7-10-13-16-18-19-20-21-22-23-25-27-30-33-36-38(39)43-44(40,41)42-37(34-31-28-15-12-9-6-3)35-32-29-26-24-17-14-11-8-5-2/h37H,4-36H2,1-3H3. The Hall–Kier alpha value is -0.620. The van der Waals surface area contributed by atoms with Gasteiger partial charge in [-0.05, 0) is 19.3 Å². The van der Waals surface area contributed by atoms with Crippen LogP contribution in [-0.4, -0.2) is 20.5 Å². The van der Waals surface area contributed by atoms with E-state index in [-0.39, 0.29) is 6.42 Å². The maximum atomic E-state index is 12.6. The van der Waals surface area contributed by atoms with Crippen LogP contribution in [0, 0.1) is 0 Å². The molecule has 0 N–H and O–H groups in total. The minimum Gasteiger partial charge on any atom is -0.325 e. The Bertz CT molecular complexity index is 693. The first kappa shape index (κ1) is 43.4. The molecule has 6 heteroatoms. The molecule has 0 aromatic carbocycles. The maximum absolute atomic E-state index is 12.6. The molecular weight excluding hydrogens is 568 g/mol. The second kappa shape index (κ2) is 33.7. The largest absolute Gasteiger partial charge is 0.451 e. The van der Waals surface area contributed by atoms with Crippen LogP contribution in [-0.2, 0) is 23.6 Å². The summed E-state index contributed by atoms with van der Waals surface area (Å²) < 4.78 is 35.5. The molecule has 0 saturated heterocycles. The molecule has 264 valence electrons. The Morgan fingerprint density at radius 3 is 1.02 bits per heavy atom. The van der Waals surface area contributed by atoms with E-state index in [2.05, 4.69) is 20.8 Å². The van der Waals surface area contributed by atoms with Crippen molar-refractivity contribution in [3.63, 3.8) is 0 Å². The fraction of sp³-hybridized carbons (Fsp3) is 0.974. The lowest BCUT2D eigenvalue weighted by molar-refractivity contribution is -0.134. The van der Waals surface area contributed by atoms with E-state index in [1.165, 1.54) is 148 Å². The Labute approximate surface area is 276 Å². The normalized spacial score (nSPS) is 12.5. The van der Waals surface area contributed by atoms with Crippen molar-refractivity contribution in [1.29, 1.82) is 0 Å². The van der Waals surface area contributed by atoms with Gasteiger partial charge in [0.2, 0.25) is 0 Å². The minimum atomic E-state index is -4.31. The Kier molecular flexibility index (Phi) is 33.3. The summed E-state index contributed by atoms with van der Waals surface area (Å²) in [5.41, 5.74) is 0. The molecule has 0 fully saturated rings. The van der Waals surface area contributed by atoms with Crippen LogP contribution in [0.2, 0.25) is 0 Å². The zero-order chi connectivity index (χ0) is 32.4. The molecule has 0 heterocycles. The molecule has 0 rings (SSSR count). The lowest BCUT2D eigenvalue weighted by atomic mass is 10.0. The number of rotatable bonds is 36. The molecule has 0 radical (unpaired) electrons. The molecular formula is C38H76O5S. The summed E-state index contributed by atoms with van der Waals surface area (Å²) in [5, 5.41) is 0. The van der Waals surface area contributed by atoms with Gasteiger partial charge in [-0.1, -0.05) is 207 Å². The number of hydrogen-bond donors (Lipinski definition) is 0. The van der Waals surface area contributed by atoms with Gasteiger partial charge in [-0.3, -0.25) is 4.79 Å². The van der Waals surface area contributed by atoms with Crippen LogP contribution in [0.25, 0.3) is 0 Å². The molecule has 1 unspecified atom stereocenters. The second-order valence-electron chi connectivity index (χ2n) is 13.5. The van der Waals surface area contributed by atoms with Gasteiger partial charge in [-0.15, -0.1) is 0 Å². The van der Waals surface area contributed by atoms with Crippen molar-refractivity contribution in [1.82, 2.24) is 0 Å². The Morgan fingerprint density at radius 2 is 0.705 bits per heavy atom. The van der Waals surface area contributed by atoms with Gasteiger partial charge >= 0.3 is 16.4 Å². The average molecular weight is 645 g/mol. The van der Waals surface area contributed by atoms with Crippen molar-refractivity contribution in [3.8, 4) is 0 Å². The number of carbonyl (C=O) groups is 1. The van der Waals surface area contributed by atoms with Gasteiger partial charge < -0.3 is 4.18 Å². The third-order valence-corrected chi connectivity index (χ3v) is 9.84. The SMILES string of the molecule is CCCCCCCCCCCCCCCCCC(=O)OS(=O)(=O)OC(CCCCCCCC)CCCCCCCCCCC. The fourth-order valence-electron chi connectivity index (χ4n) is 6.06. The van der Waals surface area contributed by atoms with E-state index in [0.29, 0.717) is 19.3 Å². The minimum absolute atomic E-state index is 0.140. The third kappa shape index (κ3) is 32.8. The molecule has 0 aromatic rings. The Morgan fingerprint density at radius 1 is 0.432 bits per heavy atom. The van der Waals surface area contributed by atoms with Crippen LogP contribution < -0.4 is 0 Å². The molecule has 0 saturated carbocycles. The first-order valence-corrected chi connectivity index (χ1v) is 20.9. The summed E-state index contributed by atoms with van der Waals surface area (Å²) in [7, 11) is -4.31. The third-order valence-electron chi connectivity index (χ3n) is 8.94. The summed E-state index contributed by atoms with van der Waals surface area (Å²) >= 11 is 0. The molecule has 0 aliphatic carbocycles. The smallest absolute Gasteiger partial charge is 0.325 e.